The lowest BCUT2D eigenvalue weighted by atomic mass is 9.94. The van der Waals surface area contributed by atoms with Crippen LogP contribution in [-0.2, 0) is 9.59 Å². The minimum absolute atomic E-state index is 0.0948. The molecule has 5 nitrogen and oxygen atoms in total. The Labute approximate surface area is 118 Å². The molecule has 2 amide bonds. The van der Waals surface area contributed by atoms with Gasteiger partial charge in [0.05, 0.1) is 5.92 Å². The number of hydrogen-bond acceptors (Lipinski definition) is 3. The van der Waals surface area contributed by atoms with Crippen molar-refractivity contribution in [1.29, 1.82) is 0 Å². The zero-order chi connectivity index (χ0) is 14.7. The van der Waals surface area contributed by atoms with Gasteiger partial charge in [0.25, 0.3) is 0 Å². The first-order chi connectivity index (χ1) is 9.52. The molecule has 1 aromatic rings. The number of hydrogen-bond donors (Lipinski definition) is 2. The largest absolute Gasteiger partial charge is 0.368 e. The second kappa shape index (κ2) is 6.05. The molecule has 20 heavy (non-hydrogen) atoms. The van der Waals surface area contributed by atoms with Crippen LogP contribution in [0.4, 0.5) is 0 Å². The van der Waals surface area contributed by atoms with Gasteiger partial charge in [-0.15, -0.1) is 0 Å². The maximum Gasteiger partial charge on any atom is 0.240 e. The van der Waals surface area contributed by atoms with Crippen molar-refractivity contribution in [3.8, 4) is 0 Å². The molecule has 3 atom stereocenters. The molecule has 0 aliphatic carbocycles. The van der Waals surface area contributed by atoms with Gasteiger partial charge in [0.1, 0.15) is 6.04 Å². The molecule has 4 N–H and O–H groups in total. The highest BCUT2D eigenvalue weighted by Crippen LogP contribution is 2.25. The molecule has 1 aliphatic heterocycles. The second-order valence-electron chi connectivity index (χ2n) is 5.32. The van der Waals surface area contributed by atoms with Gasteiger partial charge in [0, 0.05) is 12.6 Å². The number of likely N-dealkylation sites (tertiary alicyclic amines) is 1. The highest BCUT2D eigenvalue weighted by molar-refractivity contribution is 5.88. The van der Waals surface area contributed by atoms with Crippen molar-refractivity contribution >= 4 is 11.8 Å². The number of nitrogens with zero attached hydrogens (tertiary/aromatic N) is 1. The number of benzene rings is 1. The first kappa shape index (κ1) is 14.5. The number of carbonyl (C=O) groups is 2. The zero-order valence-corrected chi connectivity index (χ0v) is 11.7. The summed E-state index contributed by atoms with van der Waals surface area (Å²) in [4.78, 5) is 25.5. The van der Waals surface area contributed by atoms with E-state index >= 15 is 0 Å². The van der Waals surface area contributed by atoms with E-state index in [4.69, 9.17) is 11.5 Å². The van der Waals surface area contributed by atoms with Crippen LogP contribution in [0.15, 0.2) is 30.3 Å². The molecular formula is C15H21N3O2. The molecule has 1 fully saturated rings. The van der Waals surface area contributed by atoms with Crippen LogP contribution in [0.2, 0.25) is 0 Å². The molecule has 1 heterocycles. The molecule has 1 aromatic carbocycles. The number of nitrogens with two attached hydrogens (primary N) is 2. The van der Waals surface area contributed by atoms with E-state index in [-0.39, 0.29) is 17.9 Å². The molecule has 3 unspecified atom stereocenters. The minimum Gasteiger partial charge on any atom is -0.368 e. The van der Waals surface area contributed by atoms with Gasteiger partial charge < -0.3 is 16.4 Å². The van der Waals surface area contributed by atoms with E-state index in [0.29, 0.717) is 13.0 Å². The molecule has 0 aromatic heterocycles. The third-order valence-electron chi connectivity index (χ3n) is 3.98. The molecule has 108 valence electrons. The molecule has 0 bridgehead atoms. The molecule has 0 saturated carbocycles. The van der Waals surface area contributed by atoms with Crippen molar-refractivity contribution in [2.75, 3.05) is 6.54 Å². The van der Waals surface area contributed by atoms with Crippen molar-refractivity contribution in [2.24, 2.45) is 17.4 Å². The summed E-state index contributed by atoms with van der Waals surface area (Å²) in [6.45, 7) is 2.38. The quantitative estimate of drug-likeness (QED) is 0.851. The first-order valence-electron chi connectivity index (χ1n) is 6.92. The highest BCUT2D eigenvalue weighted by atomic mass is 16.2. The van der Waals surface area contributed by atoms with Gasteiger partial charge in [-0.25, -0.2) is 0 Å². The van der Waals surface area contributed by atoms with E-state index in [1.54, 1.807) is 11.8 Å². The Morgan fingerprint density at radius 3 is 2.55 bits per heavy atom. The summed E-state index contributed by atoms with van der Waals surface area (Å²) in [6, 6.07) is 8.66. The van der Waals surface area contributed by atoms with Gasteiger partial charge in [-0.3, -0.25) is 9.59 Å². The van der Waals surface area contributed by atoms with Crippen LogP contribution in [0.1, 0.15) is 31.4 Å². The lowest BCUT2D eigenvalue weighted by molar-refractivity contribution is -0.140. The Bertz CT molecular complexity index is 489. The van der Waals surface area contributed by atoms with E-state index in [1.165, 1.54) is 0 Å². The monoisotopic (exact) mass is 275 g/mol. The summed E-state index contributed by atoms with van der Waals surface area (Å²) in [5.74, 6) is -0.906. The molecule has 1 aliphatic rings. The van der Waals surface area contributed by atoms with Crippen LogP contribution in [0.3, 0.4) is 0 Å². The van der Waals surface area contributed by atoms with Gasteiger partial charge in [-0.1, -0.05) is 37.3 Å². The van der Waals surface area contributed by atoms with Crippen molar-refractivity contribution in [3.05, 3.63) is 35.9 Å². The number of amides is 2. The smallest absolute Gasteiger partial charge is 0.240 e. The lowest BCUT2D eigenvalue weighted by Gasteiger charge is -2.28. The fourth-order valence-corrected chi connectivity index (χ4v) is 2.71. The van der Waals surface area contributed by atoms with Crippen molar-refractivity contribution in [1.82, 2.24) is 4.90 Å². The Morgan fingerprint density at radius 1 is 1.30 bits per heavy atom. The van der Waals surface area contributed by atoms with Gasteiger partial charge in [-0.2, -0.15) is 0 Å². The van der Waals surface area contributed by atoms with E-state index in [9.17, 15) is 9.59 Å². The SMILES string of the molecule is CC(C(=O)N1CCCC1C(N)=O)C(N)c1ccccc1. The average Bonchev–Trinajstić information content (AvgIpc) is 2.95. The summed E-state index contributed by atoms with van der Waals surface area (Å²) in [5.41, 5.74) is 12.4. The van der Waals surface area contributed by atoms with E-state index in [1.807, 2.05) is 30.3 Å². The highest BCUT2D eigenvalue weighted by Gasteiger charge is 2.36. The fourth-order valence-electron chi connectivity index (χ4n) is 2.71. The molecule has 0 spiro atoms. The second-order valence-corrected chi connectivity index (χ2v) is 5.32. The van der Waals surface area contributed by atoms with Crippen LogP contribution < -0.4 is 11.5 Å². The first-order valence-corrected chi connectivity index (χ1v) is 6.92. The van der Waals surface area contributed by atoms with Crippen molar-refractivity contribution in [3.63, 3.8) is 0 Å². The summed E-state index contributed by atoms with van der Waals surface area (Å²) in [5, 5.41) is 0. The average molecular weight is 275 g/mol. The molecular weight excluding hydrogens is 254 g/mol. The predicted octanol–water partition coefficient (Wildman–Crippen LogP) is 0.799. The lowest BCUT2D eigenvalue weighted by Crippen LogP contribution is -2.47. The molecule has 1 saturated heterocycles. The molecule has 2 rings (SSSR count). The summed E-state index contributed by atoms with van der Waals surface area (Å²) in [6.07, 6.45) is 1.46. The van der Waals surface area contributed by atoms with E-state index < -0.39 is 11.9 Å². The summed E-state index contributed by atoms with van der Waals surface area (Å²) >= 11 is 0. The van der Waals surface area contributed by atoms with E-state index in [2.05, 4.69) is 0 Å². The summed E-state index contributed by atoms with van der Waals surface area (Å²) < 4.78 is 0. The van der Waals surface area contributed by atoms with E-state index in [0.717, 1.165) is 12.0 Å². The number of carbonyl (C=O) groups excluding carboxylic acids is 2. The topological polar surface area (TPSA) is 89.4 Å². The fraction of sp³-hybridized carbons (Fsp3) is 0.467. The van der Waals surface area contributed by atoms with Crippen LogP contribution in [0, 0.1) is 5.92 Å². The number of rotatable bonds is 4. The Kier molecular flexibility index (Phi) is 4.39. The van der Waals surface area contributed by atoms with Gasteiger partial charge in [-0.05, 0) is 18.4 Å². The Morgan fingerprint density at radius 2 is 1.95 bits per heavy atom. The van der Waals surface area contributed by atoms with Crippen LogP contribution in [-0.4, -0.2) is 29.3 Å². The third-order valence-corrected chi connectivity index (χ3v) is 3.98. The summed E-state index contributed by atoms with van der Waals surface area (Å²) in [7, 11) is 0. The van der Waals surface area contributed by atoms with Crippen LogP contribution in [0.25, 0.3) is 0 Å². The third kappa shape index (κ3) is 2.82. The Hall–Kier alpha value is -1.88. The number of primary amides is 1. The maximum absolute atomic E-state index is 12.5. The van der Waals surface area contributed by atoms with Gasteiger partial charge in [0.15, 0.2) is 0 Å². The van der Waals surface area contributed by atoms with Gasteiger partial charge in [0.2, 0.25) is 11.8 Å². The van der Waals surface area contributed by atoms with Crippen LogP contribution >= 0.6 is 0 Å². The van der Waals surface area contributed by atoms with Crippen molar-refractivity contribution in [2.45, 2.75) is 31.8 Å². The molecule has 0 radical (unpaired) electrons. The predicted molar refractivity (Wildman–Crippen MR) is 76.5 cm³/mol. The zero-order valence-electron chi connectivity index (χ0n) is 11.7. The normalized spacial score (nSPS) is 21.5. The Balaban J connectivity index is 2.10. The van der Waals surface area contributed by atoms with Crippen molar-refractivity contribution < 1.29 is 9.59 Å². The molecule has 5 heteroatoms. The minimum atomic E-state index is -0.479. The maximum atomic E-state index is 12.5. The van der Waals surface area contributed by atoms with Gasteiger partial charge >= 0.3 is 0 Å². The van der Waals surface area contributed by atoms with Crippen LogP contribution in [0.5, 0.6) is 0 Å². The standard InChI is InChI=1S/C15H21N3O2/c1-10(13(16)11-6-3-2-4-7-11)15(20)18-9-5-8-12(18)14(17)19/h2-4,6-7,10,12-13H,5,8-9,16H2,1H3,(H2,17,19).